The van der Waals surface area contributed by atoms with Gasteiger partial charge in [0.2, 0.25) is 0 Å². The number of furan rings is 1. The van der Waals surface area contributed by atoms with Crippen LogP contribution in [-0.2, 0) is 20.9 Å². The Bertz CT molecular complexity index is 941. The lowest BCUT2D eigenvalue weighted by Crippen LogP contribution is -2.31. The Balaban J connectivity index is 1.48. The lowest BCUT2D eigenvalue weighted by atomic mass is 10.1. The van der Waals surface area contributed by atoms with Crippen molar-refractivity contribution >= 4 is 22.8 Å². The molecule has 1 atom stereocenters. The Morgan fingerprint density at radius 2 is 1.76 bits per heavy atom. The molecule has 152 valence electrons. The van der Waals surface area contributed by atoms with Crippen molar-refractivity contribution in [1.29, 1.82) is 0 Å². The van der Waals surface area contributed by atoms with Crippen LogP contribution in [0.3, 0.4) is 0 Å². The number of amides is 1. The normalized spacial score (nSPS) is 12.1. The van der Waals surface area contributed by atoms with Gasteiger partial charge in [-0.05, 0) is 50.6 Å². The molecule has 6 nitrogen and oxygen atoms in total. The summed E-state index contributed by atoms with van der Waals surface area (Å²) in [4.78, 5) is 24.3. The number of carbonyl (C=O) groups excluding carboxylic acids is 2. The molecule has 1 heterocycles. The lowest BCUT2D eigenvalue weighted by molar-refractivity contribution is -0.125. The second-order valence-corrected chi connectivity index (χ2v) is 7.11. The van der Waals surface area contributed by atoms with E-state index in [0.717, 1.165) is 16.5 Å². The fourth-order valence-corrected chi connectivity index (χ4v) is 2.78. The molecular formula is C23H25NO5. The van der Waals surface area contributed by atoms with Crippen molar-refractivity contribution in [3.63, 3.8) is 0 Å². The van der Waals surface area contributed by atoms with Crippen molar-refractivity contribution < 1.29 is 23.5 Å². The predicted octanol–water partition coefficient (Wildman–Crippen LogP) is 4.39. The first-order valence-corrected chi connectivity index (χ1v) is 9.58. The molecule has 6 heteroatoms. The topological polar surface area (TPSA) is 77.8 Å². The Morgan fingerprint density at radius 1 is 1.03 bits per heavy atom. The van der Waals surface area contributed by atoms with E-state index in [4.69, 9.17) is 13.9 Å². The molecule has 0 aliphatic heterocycles. The Labute approximate surface area is 169 Å². The molecule has 0 fully saturated rings. The highest BCUT2D eigenvalue weighted by atomic mass is 16.5. The van der Waals surface area contributed by atoms with E-state index >= 15 is 0 Å². The summed E-state index contributed by atoms with van der Waals surface area (Å²) in [5, 5.41) is 3.74. The summed E-state index contributed by atoms with van der Waals surface area (Å²) >= 11 is 0. The van der Waals surface area contributed by atoms with Crippen LogP contribution in [0, 0.1) is 0 Å². The Morgan fingerprint density at radius 3 is 2.45 bits per heavy atom. The summed E-state index contributed by atoms with van der Waals surface area (Å²) in [6.45, 7) is 5.86. The number of ether oxygens (including phenoxy) is 2. The van der Waals surface area contributed by atoms with Gasteiger partial charge < -0.3 is 19.2 Å². The summed E-state index contributed by atoms with van der Waals surface area (Å²) in [5.74, 6) is -0.300. The SMILES string of the molecule is CC(C)OCc1ccc(C(=O)OCC(=O)N[C@H](C)c2cc3ccccc3o2)cc1. The van der Waals surface area contributed by atoms with E-state index in [1.807, 2.05) is 63.2 Å². The van der Waals surface area contributed by atoms with Crippen molar-refractivity contribution in [3.05, 3.63) is 71.5 Å². The van der Waals surface area contributed by atoms with Crippen LogP contribution in [0.2, 0.25) is 0 Å². The average Bonchev–Trinajstić information content (AvgIpc) is 3.15. The van der Waals surface area contributed by atoms with Crippen LogP contribution in [0.1, 0.15) is 48.5 Å². The first kappa shape index (κ1) is 20.6. The summed E-state index contributed by atoms with van der Waals surface area (Å²) in [6.07, 6.45) is 0.139. The van der Waals surface area contributed by atoms with E-state index in [9.17, 15) is 9.59 Å². The number of benzene rings is 2. The Kier molecular flexibility index (Phi) is 6.67. The average molecular weight is 395 g/mol. The minimum Gasteiger partial charge on any atom is -0.459 e. The third-order valence-corrected chi connectivity index (χ3v) is 4.36. The Hall–Kier alpha value is -3.12. The number of hydrogen-bond acceptors (Lipinski definition) is 5. The van der Waals surface area contributed by atoms with Gasteiger partial charge >= 0.3 is 5.97 Å². The molecule has 1 N–H and O–H groups in total. The molecule has 0 bridgehead atoms. The highest BCUT2D eigenvalue weighted by molar-refractivity contribution is 5.91. The minimum atomic E-state index is -0.548. The van der Waals surface area contributed by atoms with Gasteiger partial charge in [-0.15, -0.1) is 0 Å². The zero-order chi connectivity index (χ0) is 20.8. The summed E-state index contributed by atoms with van der Waals surface area (Å²) < 4.78 is 16.4. The van der Waals surface area contributed by atoms with Crippen LogP contribution in [0.5, 0.6) is 0 Å². The number of fused-ring (bicyclic) bond motifs is 1. The van der Waals surface area contributed by atoms with Gasteiger partial charge in [-0.2, -0.15) is 0 Å². The van der Waals surface area contributed by atoms with Gasteiger partial charge in [-0.3, -0.25) is 4.79 Å². The first-order chi connectivity index (χ1) is 13.9. The summed E-state index contributed by atoms with van der Waals surface area (Å²) in [7, 11) is 0. The quantitative estimate of drug-likeness (QED) is 0.572. The zero-order valence-corrected chi connectivity index (χ0v) is 16.8. The van der Waals surface area contributed by atoms with E-state index in [1.165, 1.54) is 0 Å². The van der Waals surface area contributed by atoms with Gasteiger partial charge in [-0.25, -0.2) is 4.79 Å². The van der Waals surface area contributed by atoms with Gasteiger partial charge in [0.05, 0.1) is 24.3 Å². The maximum absolute atomic E-state index is 12.1. The van der Waals surface area contributed by atoms with Gasteiger partial charge in [0.15, 0.2) is 6.61 Å². The van der Waals surface area contributed by atoms with Crippen LogP contribution < -0.4 is 5.32 Å². The molecule has 0 saturated heterocycles. The summed E-state index contributed by atoms with van der Waals surface area (Å²) in [5.41, 5.74) is 2.11. The van der Waals surface area contributed by atoms with Gasteiger partial charge in [0.1, 0.15) is 11.3 Å². The minimum absolute atomic E-state index is 0.139. The molecule has 0 aliphatic rings. The molecule has 1 amide bonds. The second-order valence-electron chi connectivity index (χ2n) is 7.11. The molecule has 29 heavy (non-hydrogen) atoms. The second kappa shape index (κ2) is 9.39. The third-order valence-electron chi connectivity index (χ3n) is 4.36. The lowest BCUT2D eigenvalue weighted by Gasteiger charge is -2.12. The number of carbonyl (C=O) groups is 2. The molecule has 0 saturated carbocycles. The number of nitrogens with one attached hydrogen (secondary N) is 1. The van der Waals surface area contributed by atoms with Crippen molar-refractivity contribution in [2.45, 2.75) is 39.5 Å². The third kappa shape index (κ3) is 5.68. The number of rotatable bonds is 8. The van der Waals surface area contributed by atoms with E-state index in [2.05, 4.69) is 5.32 Å². The molecule has 3 aromatic rings. The van der Waals surface area contributed by atoms with E-state index in [0.29, 0.717) is 17.9 Å². The smallest absolute Gasteiger partial charge is 0.338 e. The van der Waals surface area contributed by atoms with Crippen LogP contribution in [0.15, 0.2) is 59.0 Å². The van der Waals surface area contributed by atoms with Crippen LogP contribution in [0.25, 0.3) is 11.0 Å². The van der Waals surface area contributed by atoms with E-state index in [1.54, 1.807) is 12.1 Å². The fourth-order valence-electron chi connectivity index (χ4n) is 2.78. The molecular weight excluding hydrogens is 370 g/mol. The fraction of sp³-hybridized carbons (Fsp3) is 0.304. The molecule has 0 unspecified atom stereocenters. The maximum atomic E-state index is 12.1. The standard InChI is InChI=1S/C23H25NO5/c1-15(2)27-13-17-8-10-18(11-9-17)23(26)28-14-22(25)24-16(3)21-12-19-6-4-5-7-20(19)29-21/h4-12,15-16H,13-14H2,1-3H3,(H,24,25)/t16-/m1/s1. The molecule has 1 aromatic heterocycles. The van der Waals surface area contributed by atoms with Gasteiger partial charge in [0, 0.05) is 5.39 Å². The first-order valence-electron chi connectivity index (χ1n) is 9.58. The predicted molar refractivity (Wildman–Crippen MR) is 109 cm³/mol. The molecule has 0 spiro atoms. The largest absolute Gasteiger partial charge is 0.459 e. The monoisotopic (exact) mass is 395 g/mol. The number of para-hydroxylation sites is 1. The molecule has 2 aromatic carbocycles. The highest BCUT2D eigenvalue weighted by Gasteiger charge is 2.16. The summed E-state index contributed by atoms with van der Waals surface area (Å²) in [6, 6.07) is 16.1. The highest BCUT2D eigenvalue weighted by Crippen LogP contribution is 2.23. The molecule has 0 aliphatic carbocycles. The van der Waals surface area contributed by atoms with Crippen molar-refractivity contribution in [2.75, 3.05) is 6.61 Å². The number of hydrogen-bond donors (Lipinski definition) is 1. The van der Waals surface area contributed by atoms with Crippen LogP contribution in [-0.4, -0.2) is 24.6 Å². The van der Waals surface area contributed by atoms with Gasteiger partial charge in [0.25, 0.3) is 5.91 Å². The van der Waals surface area contributed by atoms with Crippen LogP contribution >= 0.6 is 0 Å². The van der Waals surface area contributed by atoms with E-state index < -0.39 is 11.9 Å². The van der Waals surface area contributed by atoms with Crippen molar-refractivity contribution in [3.8, 4) is 0 Å². The van der Waals surface area contributed by atoms with E-state index in [-0.39, 0.29) is 18.8 Å². The zero-order valence-electron chi connectivity index (χ0n) is 16.8. The van der Waals surface area contributed by atoms with Crippen molar-refractivity contribution in [1.82, 2.24) is 5.32 Å². The van der Waals surface area contributed by atoms with Crippen LogP contribution in [0.4, 0.5) is 0 Å². The van der Waals surface area contributed by atoms with Gasteiger partial charge in [-0.1, -0.05) is 30.3 Å². The van der Waals surface area contributed by atoms with Crippen molar-refractivity contribution in [2.24, 2.45) is 0 Å². The maximum Gasteiger partial charge on any atom is 0.338 e. The molecule has 3 rings (SSSR count). The molecule has 0 radical (unpaired) electrons. The number of esters is 1.